The smallest absolute Gasteiger partial charge is 0.321 e. The first-order valence-electron chi connectivity index (χ1n) is 4.06. The van der Waals surface area contributed by atoms with Crippen LogP contribution >= 0.6 is 0 Å². The molecule has 0 aromatic carbocycles. The molecule has 4 nitrogen and oxygen atoms in total. The second-order valence-corrected chi connectivity index (χ2v) is 3.25. The fourth-order valence-electron chi connectivity index (χ4n) is 1.67. The number of carboxylic acids is 2. The van der Waals surface area contributed by atoms with Crippen LogP contribution in [0.1, 0.15) is 32.1 Å². The molecule has 2 N–H and O–H groups in total. The van der Waals surface area contributed by atoms with Gasteiger partial charge in [-0.25, -0.2) is 0 Å². The van der Waals surface area contributed by atoms with E-state index in [1.54, 1.807) is 0 Å². The van der Waals surface area contributed by atoms with E-state index in [0.29, 0.717) is 12.8 Å². The molecule has 0 heterocycles. The van der Waals surface area contributed by atoms with Crippen LogP contribution in [0, 0.1) is 5.41 Å². The van der Waals surface area contributed by atoms with Crippen LogP contribution in [-0.2, 0) is 30.7 Å². The summed E-state index contributed by atoms with van der Waals surface area (Å²) in [5, 5.41) is 17.6. The topological polar surface area (TPSA) is 74.6 Å². The SMILES string of the molecule is O=C(O)C1(C(=O)O)CCCCC1.[Mo]. The van der Waals surface area contributed by atoms with Gasteiger partial charge < -0.3 is 10.2 Å². The standard InChI is InChI=1S/C8H12O4.Mo/c9-6(10)8(7(11)12)4-2-1-3-5-8;/h1-5H2,(H,9,10)(H,11,12);. The average molecular weight is 268 g/mol. The second kappa shape index (κ2) is 4.75. The van der Waals surface area contributed by atoms with Gasteiger partial charge in [-0.1, -0.05) is 19.3 Å². The van der Waals surface area contributed by atoms with E-state index in [2.05, 4.69) is 0 Å². The van der Waals surface area contributed by atoms with Gasteiger partial charge in [0.05, 0.1) is 0 Å². The zero-order valence-corrected chi connectivity index (χ0v) is 9.16. The summed E-state index contributed by atoms with van der Waals surface area (Å²) in [7, 11) is 0. The Kier molecular flexibility index (Phi) is 4.61. The molecule has 0 bridgehead atoms. The zero-order valence-electron chi connectivity index (χ0n) is 7.15. The van der Waals surface area contributed by atoms with Crippen LogP contribution in [-0.4, -0.2) is 22.2 Å². The van der Waals surface area contributed by atoms with E-state index in [0.717, 1.165) is 6.42 Å². The Labute approximate surface area is 90.6 Å². The van der Waals surface area contributed by atoms with Gasteiger partial charge in [-0.2, -0.15) is 0 Å². The molecule has 1 fully saturated rings. The monoisotopic (exact) mass is 270 g/mol. The molecule has 5 heteroatoms. The molecule has 0 amide bonds. The van der Waals surface area contributed by atoms with Crippen molar-refractivity contribution in [1.29, 1.82) is 0 Å². The zero-order chi connectivity index (χ0) is 9.19. The van der Waals surface area contributed by atoms with Crippen molar-refractivity contribution in [3.8, 4) is 0 Å². The van der Waals surface area contributed by atoms with Crippen LogP contribution < -0.4 is 0 Å². The number of hydrogen-bond donors (Lipinski definition) is 2. The molecule has 0 saturated heterocycles. The number of rotatable bonds is 2. The molecule has 0 aromatic rings. The quantitative estimate of drug-likeness (QED) is 0.581. The third kappa shape index (κ3) is 2.30. The van der Waals surface area contributed by atoms with Gasteiger partial charge in [-0.15, -0.1) is 0 Å². The van der Waals surface area contributed by atoms with Crippen molar-refractivity contribution in [2.45, 2.75) is 32.1 Å². The Bertz CT molecular complexity index is 192. The Morgan fingerprint density at radius 3 is 1.54 bits per heavy atom. The van der Waals surface area contributed by atoms with Gasteiger partial charge in [-0.3, -0.25) is 9.59 Å². The minimum Gasteiger partial charge on any atom is -0.480 e. The van der Waals surface area contributed by atoms with Crippen molar-refractivity contribution < 1.29 is 40.9 Å². The molecule has 0 spiro atoms. The molecule has 0 unspecified atom stereocenters. The van der Waals surface area contributed by atoms with Crippen LogP contribution in [0.2, 0.25) is 0 Å². The summed E-state index contributed by atoms with van der Waals surface area (Å²) in [6, 6.07) is 0. The number of carbonyl (C=O) groups is 2. The van der Waals surface area contributed by atoms with Gasteiger partial charge in [-0.05, 0) is 12.8 Å². The van der Waals surface area contributed by atoms with E-state index in [4.69, 9.17) is 10.2 Å². The fraction of sp³-hybridized carbons (Fsp3) is 0.750. The minimum absolute atomic E-state index is 0. The van der Waals surface area contributed by atoms with Crippen molar-refractivity contribution in [3.63, 3.8) is 0 Å². The van der Waals surface area contributed by atoms with Gasteiger partial charge in [0.15, 0.2) is 5.41 Å². The molecule has 1 aliphatic rings. The Balaban J connectivity index is 0.00000144. The maximum absolute atomic E-state index is 10.7. The van der Waals surface area contributed by atoms with Gasteiger partial charge in [0.2, 0.25) is 0 Å². The molecule has 0 atom stereocenters. The van der Waals surface area contributed by atoms with Crippen molar-refractivity contribution in [2.75, 3.05) is 0 Å². The van der Waals surface area contributed by atoms with Crippen molar-refractivity contribution in [2.24, 2.45) is 5.41 Å². The maximum Gasteiger partial charge on any atom is 0.321 e. The molecule has 0 aliphatic heterocycles. The van der Waals surface area contributed by atoms with Gasteiger partial charge >= 0.3 is 11.9 Å². The Morgan fingerprint density at radius 2 is 1.31 bits per heavy atom. The summed E-state index contributed by atoms with van der Waals surface area (Å²) in [6.45, 7) is 0. The maximum atomic E-state index is 10.7. The van der Waals surface area contributed by atoms with E-state index in [9.17, 15) is 9.59 Å². The normalized spacial score (nSPS) is 20.0. The summed E-state index contributed by atoms with van der Waals surface area (Å²) in [5.74, 6) is -2.37. The number of aliphatic carboxylic acids is 2. The summed E-state index contributed by atoms with van der Waals surface area (Å²) >= 11 is 0. The Morgan fingerprint density at radius 1 is 0.923 bits per heavy atom. The fourth-order valence-corrected chi connectivity index (χ4v) is 1.67. The van der Waals surface area contributed by atoms with E-state index >= 15 is 0 Å². The second-order valence-electron chi connectivity index (χ2n) is 3.25. The summed E-state index contributed by atoms with van der Waals surface area (Å²) in [6.07, 6.45) is 2.91. The molecular formula is C8H12MoO4. The van der Waals surface area contributed by atoms with E-state index in [1.807, 2.05) is 0 Å². The molecular weight excluding hydrogens is 256 g/mol. The Hall–Kier alpha value is -0.372. The first-order valence-corrected chi connectivity index (χ1v) is 4.06. The molecule has 74 valence electrons. The third-order valence-electron chi connectivity index (χ3n) is 2.53. The van der Waals surface area contributed by atoms with Gasteiger partial charge in [0, 0.05) is 21.1 Å². The summed E-state index contributed by atoms with van der Waals surface area (Å²) < 4.78 is 0. The van der Waals surface area contributed by atoms with Crippen molar-refractivity contribution in [1.82, 2.24) is 0 Å². The third-order valence-corrected chi connectivity index (χ3v) is 2.53. The summed E-state index contributed by atoms with van der Waals surface area (Å²) in [5.41, 5.74) is -1.49. The first-order chi connectivity index (χ1) is 5.59. The molecule has 0 radical (unpaired) electrons. The predicted molar refractivity (Wildman–Crippen MR) is 40.8 cm³/mol. The number of carboxylic acid groups (broad SMARTS) is 2. The molecule has 1 rings (SSSR count). The molecule has 1 aliphatic carbocycles. The largest absolute Gasteiger partial charge is 0.480 e. The van der Waals surface area contributed by atoms with Crippen LogP contribution in [0.4, 0.5) is 0 Å². The average Bonchev–Trinajstić information content (AvgIpc) is 2.05. The predicted octanol–water partition coefficient (Wildman–Crippen LogP) is 1.10. The molecule has 13 heavy (non-hydrogen) atoms. The molecule has 0 aromatic heterocycles. The van der Waals surface area contributed by atoms with Crippen LogP contribution in [0.15, 0.2) is 0 Å². The van der Waals surface area contributed by atoms with Crippen molar-refractivity contribution >= 4 is 11.9 Å². The van der Waals surface area contributed by atoms with Gasteiger partial charge in [0.25, 0.3) is 0 Å². The van der Waals surface area contributed by atoms with E-state index in [1.165, 1.54) is 0 Å². The van der Waals surface area contributed by atoms with E-state index in [-0.39, 0.29) is 33.9 Å². The van der Waals surface area contributed by atoms with Crippen LogP contribution in [0.3, 0.4) is 0 Å². The number of hydrogen-bond acceptors (Lipinski definition) is 2. The minimum atomic E-state index is -1.49. The van der Waals surface area contributed by atoms with Crippen molar-refractivity contribution in [3.05, 3.63) is 0 Å². The van der Waals surface area contributed by atoms with Gasteiger partial charge in [0.1, 0.15) is 0 Å². The first kappa shape index (κ1) is 12.6. The molecule has 1 saturated carbocycles. The van der Waals surface area contributed by atoms with E-state index < -0.39 is 17.4 Å². The van der Waals surface area contributed by atoms with Crippen LogP contribution in [0.25, 0.3) is 0 Å². The summed E-state index contributed by atoms with van der Waals surface area (Å²) in [4.78, 5) is 21.5. The van der Waals surface area contributed by atoms with Crippen LogP contribution in [0.5, 0.6) is 0 Å².